The Bertz CT molecular complexity index is 832. The van der Waals surface area contributed by atoms with Crippen LogP contribution in [-0.4, -0.2) is 33.0 Å². The zero-order valence-corrected chi connectivity index (χ0v) is 12.9. The van der Waals surface area contributed by atoms with Gasteiger partial charge in [0.2, 0.25) is 0 Å². The van der Waals surface area contributed by atoms with Crippen LogP contribution in [0.1, 0.15) is 35.2 Å². The van der Waals surface area contributed by atoms with Gasteiger partial charge in [0.1, 0.15) is 5.82 Å². The third-order valence-corrected chi connectivity index (χ3v) is 4.26. The number of carbonyl (C=O) groups excluding carboxylic acids is 1. The molecule has 1 saturated carbocycles. The van der Waals surface area contributed by atoms with Crippen LogP contribution in [0.4, 0.5) is 17.3 Å². The molecule has 0 spiro atoms. The van der Waals surface area contributed by atoms with E-state index in [4.69, 9.17) is 5.11 Å². The number of aliphatic carboxylic acids is 1. The molecule has 2 aliphatic rings. The molecule has 2 aromatic heterocycles. The van der Waals surface area contributed by atoms with Crippen molar-refractivity contribution in [1.29, 1.82) is 0 Å². The molecule has 0 aromatic carbocycles. The summed E-state index contributed by atoms with van der Waals surface area (Å²) in [6, 6.07) is 5.51. The quantitative estimate of drug-likeness (QED) is 0.896. The fourth-order valence-electron chi connectivity index (χ4n) is 2.98. The van der Waals surface area contributed by atoms with Crippen LogP contribution in [0.5, 0.6) is 0 Å². The van der Waals surface area contributed by atoms with Crippen LogP contribution in [0.3, 0.4) is 0 Å². The molecule has 7 nitrogen and oxygen atoms in total. The number of rotatable bonds is 4. The number of amides is 1. The molecular weight excluding hydrogens is 308 g/mol. The molecule has 1 aliphatic heterocycles. The third-order valence-electron chi connectivity index (χ3n) is 4.26. The maximum absolute atomic E-state index is 12.6. The predicted molar refractivity (Wildman–Crippen MR) is 87.5 cm³/mol. The molecular formula is C17H16N4O3. The first kappa shape index (κ1) is 14.6. The second kappa shape index (κ2) is 5.59. The van der Waals surface area contributed by atoms with Crippen LogP contribution in [0.25, 0.3) is 0 Å². The van der Waals surface area contributed by atoms with E-state index in [-0.39, 0.29) is 18.4 Å². The van der Waals surface area contributed by atoms with E-state index in [1.54, 1.807) is 30.6 Å². The van der Waals surface area contributed by atoms with Gasteiger partial charge in [-0.3, -0.25) is 9.59 Å². The Balaban J connectivity index is 1.85. The number of aryl methyl sites for hydroxylation is 1. The summed E-state index contributed by atoms with van der Waals surface area (Å²) in [4.78, 5) is 34.4. The van der Waals surface area contributed by atoms with Gasteiger partial charge in [-0.25, -0.2) is 9.97 Å². The minimum atomic E-state index is -0.871. The number of nitrogens with zero attached hydrogens (tertiary/aromatic N) is 3. The van der Waals surface area contributed by atoms with Crippen LogP contribution in [0, 0.1) is 0 Å². The highest BCUT2D eigenvalue weighted by Gasteiger charge is 2.38. The summed E-state index contributed by atoms with van der Waals surface area (Å²) < 4.78 is 0. The first-order valence-corrected chi connectivity index (χ1v) is 7.90. The zero-order valence-electron chi connectivity index (χ0n) is 12.9. The van der Waals surface area contributed by atoms with Crippen LogP contribution in [0.2, 0.25) is 0 Å². The minimum absolute atomic E-state index is 0.000943. The Kier molecular flexibility index (Phi) is 3.41. The smallest absolute Gasteiger partial charge is 0.303 e. The van der Waals surface area contributed by atoms with Gasteiger partial charge >= 0.3 is 5.97 Å². The van der Waals surface area contributed by atoms with Crippen molar-refractivity contribution in [3.05, 3.63) is 41.7 Å². The third kappa shape index (κ3) is 2.47. The maximum Gasteiger partial charge on any atom is 0.303 e. The Morgan fingerprint density at radius 2 is 2.04 bits per heavy atom. The Morgan fingerprint density at radius 1 is 1.25 bits per heavy atom. The number of carboxylic acid groups (broad SMARTS) is 1. The minimum Gasteiger partial charge on any atom is -0.481 e. The SMILES string of the molecule is O=C(O)CCc1ccnc2c1NC(=O)c1cccnc1N2C1CC1. The van der Waals surface area contributed by atoms with E-state index in [1.807, 2.05) is 4.90 Å². The second-order valence-corrected chi connectivity index (χ2v) is 5.99. The molecule has 1 fully saturated rings. The molecule has 122 valence electrons. The van der Waals surface area contributed by atoms with E-state index in [2.05, 4.69) is 15.3 Å². The normalized spacial score (nSPS) is 16.0. The van der Waals surface area contributed by atoms with Crippen LogP contribution >= 0.6 is 0 Å². The molecule has 0 radical (unpaired) electrons. The lowest BCUT2D eigenvalue weighted by Crippen LogP contribution is -2.22. The molecule has 0 unspecified atom stereocenters. The molecule has 0 bridgehead atoms. The highest BCUT2D eigenvalue weighted by atomic mass is 16.4. The largest absolute Gasteiger partial charge is 0.481 e. The van der Waals surface area contributed by atoms with Crippen LogP contribution < -0.4 is 10.2 Å². The average Bonchev–Trinajstić information content (AvgIpc) is 3.40. The average molecular weight is 324 g/mol. The number of hydrogen-bond donors (Lipinski definition) is 2. The van der Waals surface area contributed by atoms with Crippen molar-refractivity contribution in [1.82, 2.24) is 9.97 Å². The zero-order chi connectivity index (χ0) is 16.7. The predicted octanol–water partition coefficient (Wildman–Crippen LogP) is 2.36. The van der Waals surface area contributed by atoms with Crippen molar-refractivity contribution in [3.8, 4) is 0 Å². The summed E-state index contributed by atoms with van der Waals surface area (Å²) in [5.41, 5.74) is 1.87. The van der Waals surface area contributed by atoms with E-state index in [0.29, 0.717) is 29.3 Å². The lowest BCUT2D eigenvalue weighted by molar-refractivity contribution is -0.136. The number of anilines is 3. The van der Waals surface area contributed by atoms with E-state index >= 15 is 0 Å². The first-order chi connectivity index (χ1) is 11.6. The Labute approximate surface area is 138 Å². The van der Waals surface area contributed by atoms with Gasteiger partial charge in [-0.15, -0.1) is 0 Å². The number of carboxylic acids is 1. The first-order valence-electron chi connectivity index (χ1n) is 7.90. The van der Waals surface area contributed by atoms with Gasteiger partial charge in [0, 0.05) is 24.9 Å². The number of carbonyl (C=O) groups is 2. The topological polar surface area (TPSA) is 95.4 Å². The second-order valence-electron chi connectivity index (χ2n) is 5.99. The summed E-state index contributed by atoms with van der Waals surface area (Å²) in [5.74, 6) is 0.141. The van der Waals surface area contributed by atoms with Crippen molar-refractivity contribution in [2.24, 2.45) is 0 Å². The van der Waals surface area contributed by atoms with Gasteiger partial charge in [-0.1, -0.05) is 0 Å². The fourth-order valence-corrected chi connectivity index (χ4v) is 2.98. The highest BCUT2D eigenvalue weighted by Crippen LogP contribution is 2.43. The number of nitrogens with one attached hydrogen (secondary N) is 1. The van der Waals surface area contributed by atoms with E-state index in [9.17, 15) is 9.59 Å². The summed E-state index contributed by atoms with van der Waals surface area (Å²) in [7, 11) is 0. The summed E-state index contributed by atoms with van der Waals surface area (Å²) >= 11 is 0. The van der Waals surface area contributed by atoms with E-state index in [0.717, 1.165) is 18.4 Å². The maximum atomic E-state index is 12.6. The van der Waals surface area contributed by atoms with Crippen molar-refractivity contribution in [2.45, 2.75) is 31.7 Å². The fraction of sp³-hybridized carbons (Fsp3) is 0.294. The van der Waals surface area contributed by atoms with Gasteiger partial charge in [0.15, 0.2) is 5.82 Å². The molecule has 1 amide bonds. The molecule has 4 rings (SSSR count). The summed E-state index contributed by atoms with van der Waals surface area (Å²) in [6.45, 7) is 0. The molecule has 7 heteroatoms. The molecule has 0 atom stereocenters. The van der Waals surface area contributed by atoms with Gasteiger partial charge in [-0.2, -0.15) is 0 Å². The van der Waals surface area contributed by atoms with Crippen molar-refractivity contribution in [2.75, 3.05) is 10.2 Å². The van der Waals surface area contributed by atoms with Gasteiger partial charge in [0.25, 0.3) is 5.91 Å². The molecule has 1 aliphatic carbocycles. The summed E-state index contributed by atoms with van der Waals surface area (Å²) in [6.07, 6.45) is 5.70. The number of aromatic nitrogens is 2. The number of hydrogen-bond acceptors (Lipinski definition) is 5. The Hall–Kier alpha value is -2.96. The van der Waals surface area contributed by atoms with Gasteiger partial charge < -0.3 is 15.3 Å². The summed E-state index contributed by atoms with van der Waals surface area (Å²) in [5, 5.41) is 11.9. The Morgan fingerprint density at radius 3 is 2.79 bits per heavy atom. The standard InChI is InChI=1S/C17H16N4O3/c22-13(23)6-3-10-7-9-19-16-14(10)20-17(24)12-2-1-8-18-15(12)21(16)11-4-5-11/h1-2,7-9,11H,3-6H2,(H,20,24)(H,22,23). The van der Waals surface area contributed by atoms with Crippen molar-refractivity contribution < 1.29 is 14.7 Å². The molecule has 2 aromatic rings. The molecule has 3 heterocycles. The van der Waals surface area contributed by atoms with Crippen molar-refractivity contribution >= 4 is 29.2 Å². The number of fused-ring (bicyclic) bond motifs is 2. The molecule has 0 saturated heterocycles. The van der Waals surface area contributed by atoms with Gasteiger partial charge in [0.05, 0.1) is 11.3 Å². The van der Waals surface area contributed by atoms with E-state index < -0.39 is 5.97 Å². The number of pyridine rings is 2. The van der Waals surface area contributed by atoms with Crippen LogP contribution in [-0.2, 0) is 11.2 Å². The van der Waals surface area contributed by atoms with Crippen LogP contribution in [0.15, 0.2) is 30.6 Å². The monoisotopic (exact) mass is 324 g/mol. The lowest BCUT2D eigenvalue weighted by Gasteiger charge is -2.24. The molecule has 2 N–H and O–H groups in total. The highest BCUT2D eigenvalue weighted by molar-refractivity contribution is 6.12. The van der Waals surface area contributed by atoms with Crippen molar-refractivity contribution in [3.63, 3.8) is 0 Å². The van der Waals surface area contributed by atoms with Gasteiger partial charge in [-0.05, 0) is 43.0 Å². The van der Waals surface area contributed by atoms with E-state index in [1.165, 1.54) is 0 Å². The molecule has 24 heavy (non-hydrogen) atoms. The lowest BCUT2D eigenvalue weighted by atomic mass is 10.1.